The summed E-state index contributed by atoms with van der Waals surface area (Å²) in [6.45, 7) is 5.76. The third-order valence-electron chi connectivity index (χ3n) is 3.07. The molecule has 2 N–H and O–H groups in total. The highest BCUT2D eigenvalue weighted by Gasteiger charge is 2.30. The highest BCUT2D eigenvalue weighted by Crippen LogP contribution is 2.30. The minimum Gasteiger partial charge on any atom is -0.399 e. The number of ketones is 1. The van der Waals surface area contributed by atoms with Crippen LogP contribution in [0.15, 0.2) is 24.3 Å². The fourth-order valence-corrected chi connectivity index (χ4v) is 1.87. The molecule has 0 heterocycles. The second-order valence-corrected chi connectivity index (χ2v) is 4.26. The van der Waals surface area contributed by atoms with E-state index >= 15 is 0 Å². The molecule has 0 aromatic heterocycles. The summed E-state index contributed by atoms with van der Waals surface area (Å²) in [5.74, 6) is 0.217. The Morgan fingerprint density at radius 1 is 1.33 bits per heavy atom. The van der Waals surface area contributed by atoms with Crippen molar-refractivity contribution >= 4 is 11.5 Å². The first kappa shape index (κ1) is 11.8. The van der Waals surface area contributed by atoms with Gasteiger partial charge in [0.25, 0.3) is 0 Å². The number of hydrogen-bond donors (Lipinski definition) is 1. The van der Waals surface area contributed by atoms with Gasteiger partial charge >= 0.3 is 0 Å². The van der Waals surface area contributed by atoms with Crippen molar-refractivity contribution in [2.75, 3.05) is 5.73 Å². The van der Waals surface area contributed by atoms with Crippen LogP contribution in [0.5, 0.6) is 0 Å². The van der Waals surface area contributed by atoms with Crippen LogP contribution in [0.2, 0.25) is 0 Å². The van der Waals surface area contributed by atoms with E-state index in [1.165, 1.54) is 0 Å². The number of nitrogens with two attached hydrogens (primary N) is 1. The van der Waals surface area contributed by atoms with Crippen molar-refractivity contribution < 1.29 is 4.79 Å². The largest absolute Gasteiger partial charge is 0.399 e. The molecule has 0 amide bonds. The highest BCUT2D eigenvalue weighted by molar-refractivity contribution is 5.87. The summed E-state index contributed by atoms with van der Waals surface area (Å²) in [5, 5.41) is 0. The standard InChI is InChI=1S/C13H19NO/c1-4-9-13(3,10(2)15)11-5-7-12(14)8-6-11/h5-8H,4,9,14H2,1-3H3. The number of benzene rings is 1. The van der Waals surface area contributed by atoms with Gasteiger partial charge in [-0.3, -0.25) is 4.79 Å². The van der Waals surface area contributed by atoms with E-state index < -0.39 is 0 Å². The minimum absolute atomic E-state index is 0.217. The van der Waals surface area contributed by atoms with Gasteiger partial charge in [-0.2, -0.15) is 0 Å². The summed E-state index contributed by atoms with van der Waals surface area (Å²) in [6.07, 6.45) is 1.88. The molecule has 0 fully saturated rings. The molecule has 0 aliphatic rings. The number of nitrogen functional groups attached to an aromatic ring is 1. The van der Waals surface area contributed by atoms with Gasteiger partial charge < -0.3 is 5.73 Å². The lowest BCUT2D eigenvalue weighted by atomic mass is 9.75. The molecule has 0 saturated heterocycles. The topological polar surface area (TPSA) is 43.1 Å². The fourth-order valence-electron chi connectivity index (χ4n) is 1.87. The van der Waals surface area contributed by atoms with Crippen LogP contribution >= 0.6 is 0 Å². The number of rotatable bonds is 4. The van der Waals surface area contributed by atoms with Gasteiger partial charge in [-0.25, -0.2) is 0 Å². The van der Waals surface area contributed by atoms with Gasteiger partial charge in [0.1, 0.15) is 5.78 Å². The molecule has 2 nitrogen and oxygen atoms in total. The summed E-state index contributed by atoms with van der Waals surface area (Å²) in [7, 11) is 0. The maximum Gasteiger partial charge on any atom is 0.140 e. The van der Waals surface area contributed by atoms with Crippen molar-refractivity contribution in [2.24, 2.45) is 0 Å². The molecule has 0 bridgehead atoms. The average Bonchev–Trinajstić information content (AvgIpc) is 2.18. The van der Waals surface area contributed by atoms with E-state index in [4.69, 9.17) is 5.73 Å². The van der Waals surface area contributed by atoms with Crippen LogP contribution < -0.4 is 5.73 Å². The van der Waals surface area contributed by atoms with Crippen LogP contribution in [0.4, 0.5) is 5.69 Å². The zero-order valence-electron chi connectivity index (χ0n) is 9.71. The van der Waals surface area contributed by atoms with Crippen LogP contribution in [-0.4, -0.2) is 5.78 Å². The number of carbonyl (C=O) groups excluding carboxylic acids is 1. The quantitative estimate of drug-likeness (QED) is 0.768. The van der Waals surface area contributed by atoms with Crippen molar-refractivity contribution in [3.05, 3.63) is 29.8 Å². The summed E-state index contributed by atoms with van der Waals surface area (Å²) >= 11 is 0. The Labute approximate surface area is 91.5 Å². The van der Waals surface area contributed by atoms with E-state index in [0.29, 0.717) is 0 Å². The first-order chi connectivity index (χ1) is 7.00. The lowest BCUT2D eigenvalue weighted by Gasteiger charge is -2.26. The van der Waals surface area contributed by atoms with Crippen molar-refractivity contribution in [3.8, 4) is 0 Å². The first-order valence-corrected chi connectivity index (χ1v) is 5.37. The molecule has 1 aromatic carbocycles. The smallest absolute Gasteiger partial charge is 0.140 e. The Hall–Kier alpha value is -1.31. The Kier molecular flexibility index (Phi) is 3.51. The van der Waals surface area contributed by atoms with Crippen LogP contribution in [0.1, 0.15) is 39.2 Å². The lowest BCUT2D eigenvalue weighted by molar-refractivity contribution is -0.122. The van der Waals surface area contributed by atoms with Crippen LogP contribution in [0.3, 0.4) is 0 Å². The normalized spacial score (nSPS) is 14.6. The molecular weight excluding hydrogens is 186 g/mol. The molecule has 82 valence electrons. The summed E-state index contributed by atoms with van der Waals surface area (Å²) in [4.78, 5) is 11.7. The van der Waals surface area contributed by atoms with E-state index in [9.17, 15) is 4.79 Å². The molecule has 1 atom stereocenters. The Morgan fingerprint density at radius 2 is 1.87 bits per heavy atom. The van der Waals surface area contributed by atoms with E-state index in [0.717, 1.165) is 24.1 Å². The van der Waals surface area contributed by atoms with Gasteiger partial charge in [-0.15, -0.1) is 0 Å². The highest BCUT2D eigenvalue weighted by atomic mass is 16.1. The molecule has 0 radical (unpaired) electrons. The van der Waals surface area contributed by atoms with E-state index in [1.807, 2.05) is 31.2 Å². The molecule has 1 aromatic rings. The van der Waals surface area contributed by atoms with Crippen molar-refractivity contribution in [3.63, 3.8) is 0 Å². The molecule has 1 rings (SSSR count). The summed E-state index contributed by atoms with van der Waals surface area (Å²) in [5.41, 5.74) is 7.07. The number of anilines is 1. The third kappa shape index (κ3) is 2.38. The third-order valence-corrected chi connectivity index (χ3v) is 3.07. The molecule has 0 aliphatic carbocycles. The molecule has 0 aliphatic heterocycles. The Morgan fingerprint density at radius 3 is 2.27 bits per heavy atom. The van der Waals surface area contributed by atoms with Gasteiger partial charge in [0.2, 0.25) is 0 Å². The summed E-state index contributed by atoms with van der Waals surface area (Å²) in [6, 6.07) is 7.61. The second kappa shape index (κ2) is 4.47. The number of Topliss-reactive ketones (excluding diaryl/α,β-unsaturated/α-hetero) is 1. The first-order valence-electron chi connectivity index (χ1n) is 5.37. The molecule has 0 saturated carbocycles. The Bertz CT molecular complexity index is 342. The van der Waals surface area contributed by atoms with E-state index in [-0.39, 0.29) is 11.2 Å². The number of hydrogen-bond acceptors (Lipinski definition) is 2. The van der Waals surface area contributed by atoms with Crippen molar-refractivity contribution in [1.29, 1.82) is 0 Å². The zero-order valence-corrected chi connectivity index (χ0v) is 9.71. The SMILES string of the molecule is CCCC(C)(C(C)=O)c1ccc(N)cc1. The van der Waals surface area contributed by atoms with Crippen LogP contribution in [-0.2, 0) is 10.2 Å². The maximum absolute atomic E-state index is 11.7. The fraction of sp³-hybridized carbons (Fsp3) is 0.462. The van der Waals surface area contributed by atoms with E-state index in [1.54, 1.807) is 6.92 Å². The van der Waals surface area contributed by atoms with Crippen LogP contribution in [0, 0.1) is 0 Å². The molecule has 2 heteroatoms. The molecule has 15 heavy (non-hydrogen) atoms. The van der Waals surface area contributed by atoms with Gasteiger partial charge in [0.05, 0.1) is 5.41 Å². The second-order valence-electron chi connectivity index (χ2n) is 4.26. The Balaban J connectivity index is 3.09. The van der Waals surface area contributed by atoms with Crippen molar-refractivity contribution in [1.82, 2.24) is 0 Å². The van der Waals surface area contributed by atoms with Crippen LogP contribution in [0.25, 0.3) is 0 Å². The van der Waals surface area contributed by atoms with Crippen molar-refractivity contribution in [2.45, 2.75) is 39.0 Å². The zero-order chi connectivity index (χ0) is 11.5. The van der Waals surface area contributed by atoms with Gasteiger partial charge in [0.15, 0.2) is 0 Å². The van der Waals surface area contributed by atoms with Gasteiger partial charge in [-0.05, 0) is 38.0 Å². The van der Waals surface area contributed by atoms with E-state index in [2.05, 4.69) is 6.92 Å². The predicted molar refractivity (Wildman–Crippen MR) is 63.8 cm³/mol. The lowest BCUT2D eigenvalue weighted by Crippen LogP contribution is -2.30. The summed E-state index contributed by atoms with van der Waals surface area (Å²) < 4.78 is 0. The number of carbonyl (C=O) groups is 1. The minimum atomic E-state index is -0.359. The molecule has 1 unspecified atom stereocenters. The van der Waals surface area contributed by atoms with Gasteiger partial charge in [0, 0.05) is 5.69 Å². The average molecular weight is 205 g/mol. The predicted octanol–water partition coefficient (Wildman–Crippen LogP) is 2.92. The van der Waals surface area contributed by atoms with Gasteiger partial charge in [-0.1, -0.05) is 25.5 Å². The molecule has 0 spiro atoms. The molecular formula is C13H19NO. The monoisotopic (exact) mass is 205 g/mol. The maximum atomic E-state index is 11.7.